The van der Waals surface area contributed by atoms with Gasteiger partial charge in [-0.1, -0.05) is 47.5 Å². The molecule has 0 aliphatic rings. The summed E-state index contributed by atoms with van der Waals surface area (Å²) >= 11 is 0. The highest BCUT2D eigenvalue weighted by Crippen LogP contribution is 2.25. The molecule has 0 amide bonds. The van der Waals surface area contributed by atoms with Crippen molar-refractivity contribution >= 4 is 0 Å². The van der Waals surface area contributed by atoms with E-state index in [2.05, 4.69) is 49.5 Å². The number of ether oxygens (including phenoxy) is 1. The van der Waals surface area contributed by atoms with Crippen molar-refractivity contribution in [2.75, 3.05) is 14.2 Å². The average molecular weight is 269 g/mol. The Labute approximate surface area is 121 Å². The zero-order chi connectivity index (χ0) is 14.5. The summed E-state index contributed by atoms with van der Waals surface area (Å²) in [6.07, 6.45) is 0.920. The third kappa shape index (κ3) is 3.40. The minimum Gasteiger partial charge on any atom is -0.496 e. The Morgan fingerprint density at radius 2 is 1.70 bits per heavy atom. The van der Waals surface area contributed by atoms with Crippen LogP contribution >= 0.6 is 0 Å². The summed E-state index contributed by atoms with van der Waals surface area (Å²) in [4.78, 5) is 0. The molecule has 2 aromatic carbocycles. The van der Waals surface area contributed by atoms with E-state index in [-0.39, 0.29) is 0 Å². The van der Waals surface area contributed by atoms with E-state index in [1.807, 2.05) is 19.2 Å². The lowest BCUT2D eigenvalue weighted by molar-refractivity contribution is 0.406. The lowest BCUT2D eigenvalue weighted by Crippen LogP contribution is -2.19. The van der Waals surface area contributed by atoms with Gasteiger partial charge in [0, 0.05) is 6.04 Å². The zero-order valence-electron chi connectivity index (χ0n) is 12.7. The molecule has 106 valence electrons. The van der Waals surface area contributed by atoms with Gasteiger partial charge in [-0.15, -0.1) is 0 Å². The summed E-state index contributed by atoms with van der Waals surface area (Å²) in [5.74, 6) is 0.956. The molecule has 0 aromatic heterocycles. The van der Waals surface area contributed by atoms with E-state index in [0.29, 0.717) is 6.04 Å². The molecule has 0 heterocycles. The molecule has 2 heteroatoms. The van der Waals surface area contributed by atoms with E-state index in [4.69, 9.17) is 4.74 Å². The average Bonchev–Trinajstić information content (AvgIpc) is 2.44. The van der Waals surface area contributed by atoms with Crippen LogP contribution in [0.2, 0.25) is 0 Å². The van der Waals surface area contributed by atoms with Crippen molar-refractivity contribution in [2.45, 2.75) is 26.3 Å². The van der Waals surface area contributed by atoms with E-state index in [1.54, 1.807) is 7.11 Å². The molecule has 0 fully saturated rings. The van der Waals surface area contributed by atoms with Gasteiger partial charge in [-0.05, 0) is 44.5 Å². The smallest absolute Gasteiger partial charge is 0.122 e. The molecule has 0 saturated carbocycles. The van der Waals surface area contributed by atoms with Crippen LogP contribution in [0, 0.1) is 13.8 Å². The van der Waals surface area contributed by atoms with Gasteiger partial charge in [-0.25, -0.2) is 0 Å². The molecule has 1 unspecified atom stereocenters. The van der Waals surface area contributed by atoms with Crippen LogP contribution in [0.4, 0.5) is 0 Å². The standard InChI is InChI=1S/C18H23NO/c1-13-9-14(2)11-16(10-13)17(19-3)12-15-7-5-6-8-18(15)20-4/h5-11,17,19H,12H2,1-4H3. The van der Waals surface area contributed by atoms with Crippen LogP contribution in [0.15, 0.2) is 42.5 Å². The van der Waals surface area contributed by atoms with Crippen molar-refractivity contribution in [3.05, 3.63) is 64.7 Å². The molecule has 0 aliphatic carbocycles. The first kappa shape index (κ1) is 14.6. The molecular formula is C18H23NO. The van der Waals surface area contributed by atoms with Gasteiger partial charge >= 0.3 is 0 Å². The summed E-state index contributed by atoms with van der Waals surface area (Å²) in [5, 5.41) is 3.42. The number of benzene rings is 2. The summed E-state index contributed by atoms with van der Waals surface area (Å²) in [6, 6.07) is 15.2. The normalized spacial score (nSPS) is 12.2. The first-order valence-corrected chi connectivity index (χ1v) is 7.01. The van der Waals surface area contributed by atoms with E-state index >= 15 is 0 Å². The predicted molar refractivity (Wildman–Crippen MR) is 84.4 cm³/mol. The van der Waals surface area contributed by atoms with Gasteiger partial charge in [-0.2, -0.15) is 0 Å². The number of para-hydroxylation sites is 1. The van der Waals surface area contributed by atoms with Crippen LogP contribution < -0.4 is 10.1 Å². The maximum atomic E-state index is 5.45. The first-order valence-electron chi connectivity index (χ1n) is 7.01. The maximum absolute atomic E-state index is 5.45. The Balaban J connectivity index is 2.28. The summed E-state index contributed by atoms with van der Waals surface area (Å²) < 4.78 is 5.45. The van der Waals surface area contributed by atoms with Gasteiger partial charge in [0.25, 0.3) is 0 Å². The third-order valence-corrected chi connectivity index (χ3v) is 3.61. The second kappa shape index (κ2) is 6.58. The molecule has 0 spiro atoms. The number of methoxy groups -OCH3 is 1. The Bertz CT molecular complexity index is 557. The lowest BCUT2D eigenvalue weighted by Gasteiger charge is -2.19. The fourth-order valence-electron chi connectivity index (χ4n) is 2.69. The van der Waals surface area contributed by atoms with Crippen molar-refractivity contribution in [1.82, 2.24) is 5.32 Å². The van der Waals surface area contributed by atoms with Crippen molar-refractivity contribution in [3.63, 3.8) is 0 Å². The molecular weight excluding hydrogens is 246 g/mol. The highest BCUT2D eigenvalue weighted by atomic mass is 16.5. The lowest BCUT2D eigenvalue weighted by atomic mass is 9.95. The van der Waals surface area contributed by atoms with Gasteiger partial charge < -0.3 is 10.1 Å². The van der Waals surface area contributed by atoms with Gasteiger partial charge in [-0.3, -0.25) is 0 Å². The Morgan fingerprint density at radius 3 is 2.30 bits per heavy atom. The highest BCUT2D eigenvalue weighted by Gasteiger charge is 2.13. The summed E-state index contributed by atoms with van der Waals surface area (Å²) in [7, 11) is 3.74. The van der Waals surface area contributed by atoms with Crippen LogP contribution in [0.5, 0.6) is 5.75 Å². The van der Waals surface area contributed by atoms with E-state index in [0.717, 1.165) is 12.2 Å². The summed E-state index contributed by atoms with van der Waals surface area (Å²) in [6.45, 7) is 4.29. The fourth-order valence-corrected chi connectivity index (χ4v) is 2.69. The Kier molecular flexibility index (Phi) is 4.80. The molecule has 2 nitrogen and oxygen atoms in total. The van der Waals surface area contributed by atoms with E-state index in [9.17, 15) is 0 Å². The van der Waals surface area contributed by atoms with Crippen molar-refractivity contribution in [3.8, 4) is 5.75 Å². The number of aryl methyl sites for hydroxylation is 2. The Hall–Kier alpha value is -1.80. The second-order valence-electron chi connectivity index (χ2n) is 5.28. The summed E-state index contributed by atoms with van der Waals surface area (Å²) in [5.41, 5.74) is 5.17. The quantitative estimate of drug-likeness (QED) is 0.891. The van der Waals surface area contributed by atoms with Gasteiger partial charge in [0.15, 0.2) is 0 Å². The molecule has 2 rings (SSSR count). The van der Waals surface area contributed by atoms with Gasteiger partial charge in [0.05, 0.1) is 7.11 Å². The molecule has 0 aliphatic heterocycles. The van der Waals surface area contributed by atoms with Crippen molar-refractivity contribution in [2.24, 2.45) is 0 Å². The van der Waals surface area contributed by atoms with Crippen LogP contribution in [0.1, 0.15) is 28.3 Å². The number of likely N-dealkylation sites (N-methyl/N-ethyl adjacent to an activating group) is 1. The zero-order valence-corrected chi connectivity index (χ0v) is 12.7. The SMILES string of the molecule is CNC(Cc1ccccc1OC)c1cc(C)cc(C)c1. The van der Waals surface area contributed by atoms with Crippen LogP contribution in [0.3, 0.4) is 0 Å². The van der Waals surface area contributed by atoms with Gasteiger partial charge in [0.2, 0.25) is 0 Å². The first-order chi connectivity index (χ1) is 9.63. The van der Waals surface area contributed by atoms with Crippen LogP contribution in [-0.2, 0) is 6.42 Å². The minimum absolute atomic E-state index is 0.296. The molecule has 20 heavy (non-hydrogen) atoms. The fraction of sp³-hybridized carbons (Fsp3) is 0.333. The van der Waals surface area contributed by atoms with E-state index < -0.39 is 0 Å². The molecule has 0 radical (unpaired) electrons. The number of hydrogen-bond acceptors (Lipinski definition) is 2. The Morgan fingerprint density at radius 1 is 1.05 bits per heavy atom. The second-order valence-corrected chi connectivity index (χ2v) is 5.28. The molecule has 0 bridgehead atoms. The molecule has 2 aromatic rings. The van der Waals surface area contributed by atoms with Crippen LogP contribution in [-0.4, -0.2) is 14.2 Å². The molecule has 0 saturated heterocycles. The number of rotatable bonds is 5. The largest absolute Gasteiger partial charge is 0.496 e. The highest BCUT2D eigenvalue weighted by molar-refractivity contribution is 5.37. The minimum atomic E-state index is 0.296. The van der Waals surface area contributed by atoms with Gasteiger partial charge in [0.1, 0.15) is 5.75 Å². The van der Waals surface area contributed by atoms with E-state index in [1.165, 1.54) is 22.3 Å². The monoisotopic (exact) mass is 269 g/mol. The van der Waals surface area contributed by atoms with Crippen molar-refractivity contribution in [1.29, 1.82) is 0 Å². The predicted octanol–water partition coefficient (Wildman–Crippen LogP) is 3.82. The molecule has 1 atom stereocenters. The maximum Gasteiger partial charge on any atom is 0.122 e. The number of hydrogen-bond donors (Lipinski definition) is 1. The van der Waals surface area contributed by atoms with Crippen molar-refractivity contribution < 1.29 is 4.74 Å². The number of nitrogens with one attached hydrogen (secondary N) is 1. The van der Waals surface area contributed by atoms with Crippen LogP contribution in [0.25, 0.3) is 0 Å². The molecule has 1 N–H and O–H groups in total. The third-order valence-electron chi connectivity index (χ3n) is 3.61. The topological polar surface area (TPSA) is 21.3 Å².